The molecule has 2 rings (SSSR count). The Morgan fingerprint density at radius 1 is 1.00 bits per heavy atom. The third-order valence-electron chi connectivity index (χ3n) is 3.77. The monoisotopic (exact) mass is 375 g/mol. The predicted molar refractivity (Wildman–Crippen MR) is 105 cm³/mol. The molecule has 0 saturated carbocycles. The molecule has 26 heavy (non-hydrogen) atoms. The largest absolute Gasteiger partial charge is 0.496 e. The first-order chi connectivity index (χ1) is 12.4. The molecule has 0 radical (unpaired) electrons. The topological polar surface area (TPSA) is 79.8 Å². The average Bonchev–Trinajstić information content (AvgIpc) is 2.62. The molecule has 0 aliphatic carbocycles. The Kier molecular flexibility index (Phi) is 7.03. The van der Waals surface area contributed by atoms with Crippen molar-refractivity contribution < 1.29 is 13.2 Å². The number of hydrogen-bond acceptors (Lipinski definition) is 4. The van der Waals surface area contributed by atoms with E-state index in [2.05, 4.69) is 15.6 Å². The molecule has 0 heterocycles. The van der Waals surface area contributed by atoms with Gasteiger partial charge in [0.25, 0.3) is 0 Å². The van der Waals surface area contributed by atoms with E-state index in [1.54, 1.807) is 14.2 Å². The maximum Gasteiger partial charge on any atom is 0.191 e. The van der Waals surface area contributed by atoms with Gasteiger partial charge in [-0.15, -0.1) is 0 Å². The molecule has 0 saturated heterocycles. The van der Waals surface area contributed by atoms with Crippen LogP contribution in [0.1, 0.15) is 16.7 Å². The lowest BCUT2D eigenvalue weighted by molar-refractivity contribution is 0.409. The van der Waals surface area contributed by atoms with E-state index in [1.165, 1.54) is 6.26 Å². The van der Waals surface area contributed by atoms with E-state index in [9.17, 15) is 8.42 Å². The normalized spacial score (nSPS) is 11.9. The molecule has 6 nitrogen and oxygen atoms in total. The van der Waals surface area contributed by atoms with Crippen molar-refractivity contribution in [3.05, 3.63) is 65.2 Å². The van der Waals surface area contributed by atoms with Crippen molar-refractivity contribution >= 4 is 15.8 Å². The summed E-state index contributed by atoms with van der Waals surface area (Å²) in [6, 6.07) is 15.3. The van der Waals surface area contributed by atoms with Crippen LogP contribution in [0, 0.1) is 0 Å². The highest BCUT2D eigenvalue weighted by molar-refractivity contribution is 7.89. The van der Waals surface area contributed by atoms with E-state index >= 15 is 0 Å². The molecule has 140 valence electrons. The number of ether oxygens (including phenoxy) is 1. The summed E-state index contributed by atoms with van der Waals surface area (Å²) in [6.07, 6.45) is 1.24. The number of benzene rings is 2. The number of para-hydroxylation sites is 1. The van der Waals surface area contributed by atoms with Crippen molar-refractivity contribution in [1.29, 1.82) is 0 Å². The quantitative estimate of drug-likeness (QED) is 0.572. The molecule has 0 bridgehead atoms. The molecule has 2 N–H and O–H groups in total. The second-order valence-electron chi connectivity index (χ2n) is 5.98. The Morgan fingerprint density at radius 2 is 1.62 bits per heavy atom. The zero-order chi connectivity index (χ0) is 19.0. The number of aliphatic imine (C=N–C) groups is 1. The molecule has 0 amide bonds. The van der Waals surface area contributed by atoms with Gasteiger partial charge in [-0.05, 0) is 17.2 Å². The van der Waals surface area contributed by atoms with Crippen LogP contribution in [0.5, 0.6) is 5.75 Å². The van der Waals surface area contributed by atoms with E-state index in [4.69, 9.17) is 4.74 Å². The molecule has 0 atom stereocenters. The highest BCUT2D eigenvalue weighted by Crippen LogP contribution is 2.16. The minimum Gasteiger partial charge on any atom is -0.496 e. The first-order valence-electron chi connectivity index (χ1n) is 8.23. The fourth-order valence-corrected chi connectivity index (χ4v) is 3.29. The fraction of sp³-hybridized carbons (Fsp3) is 0.316. The van der Waals surface area contributed by atoms with E-state index in [0.29, 0.717) is 19.0 Å². The summed E-state index contributed by atoms with van der Waals surface area (Å²) < 4.78 is 28.0. The predicted octanol–water partition coefficient (Wildman–Crippen LogP) is 2.10. The van der Waals surface area contributed by atoms with Gasteiger partial charge in [-0.1, -0.05) is 42.5 Å². The van der Waals surface area contributed by atoms with Gasteiger partial charge in [-0.2, -0.15) is 0 Å². The second-order valence-corrected chi connectivity index (χ2v) is 8.12. The van der Waals surface area contributed by atoms with Crippen molar-refractivity contribution in [2.24, 2.45) is 4.99 Å². The Balaban J connectivity index is 1.88. The van der Waals surface area contributed by atoms with Crippen LogP contribution in [0.4, 0.5) is 0 Å². The van der Waals surface area contributed by atoms with Crippen molar-refractivity contribution in [3.8, 4) is 5.75 Å². The number of guanidine groups is 1. The number of rotatable bonds is 7. The standard InChI is InChI=1S/C19H25N3O3S/c1-20-19(22-13-17-6-4-5-7-18(17)25-2)21-12-15-8-10-16(11-9-15)14-26(3,23)24/h4-11H,12-14H2,1-3H3,(H2,20,21,22). The first kappa shape index (κ1) is 19.8. The fourth-order valence-electron chi connectivity index (χ4n) is 2.49. The average molecular weight is 375 g/mol. The molecule has 0 unspecified atom stereocenters. The number of methoxy groups -OCH3 is 1. The van der Waals surface area contributed by atoms with Crippen molar-refractivity contribution in [3.63, 3.8) is 0 Å². The lowest BCUT2D eigenvalue weighted by Gasteiger charge is -2.14. The van der Waals surface area contributed by atoms with Crippen LogP contribution in [-0.2, 0) is 28.7 Å². The Labute approximate surface area is 155 Å². The molecule has 0 aliphatic rings. The van der Waals surface area contributed by atoms with Gasteiger partial charge >= 0.3 is 0 Å². The van der Waals surface area contributed by atoms with E-state index in [1.807, 2.05) is 48.5 Å². The third kappa shape index (κ3) is 6.40. The zero-order valence-corrected chi connectivity index (χ0v) is 16.1. The lowest BCUT2D eigenvalue weighted by atomic mass is 10.1. The van der Waals surface area contributed by atoms with Gasteiger partial charge < -0.3 is 15.4 Å². The van der Waals surface area contributed by atoms with E-state index < -0.39 is 9.84 Å². The van der Waals surface area contributed by atoms with Crippen molar-refractivity contribution in [1.82, 2.24) is 10.6 Å². The SMILES string of the molecule is CN=C(NCc1ccc(CS(C)(=O)=O)cc1)NCc1ccccc1OC. The molecule has 2 aromatic carbocycles. The summed E-state index contributed by atoms with van der Waals surface area (Å²) in [5.74, 6) is 1.57. The highest BCUT2D eigenvalue weighted by atomic mass is 32.2. The molecule has 0 spiro atoms. The van der Waals surface area contributed by atoms with E-state index in [0.717, 1.165) is 22.4 Å². The van der Waals surface area contributed by atoms with Crippen LogP contribution in [-0.4, -0.2) is 34.8 Å². The zero-order valence-electron chi connectivity index (χ0n) is 15.3. The Bertz CT molecular complexity index is 847. The summed E-state index contributed by atoms with van der Waals surface area (Å²) in [5, 5.41) is 6.49. The van der Waals surface area contributed by atoms with Crippen LogP contribution in [0.2, 0.25) is 0 Å². The van der Waals surface area contributed by atoms with Gasteiger partial charge in [0.2, 0.25) is 0 Å². The number of sulfone groups is 1. The van der Waals surface area contributed by atoms with Gasteiger partial charge in [0.1, 0.15) is 5.75 Å². The molecule has 0 aliphatic heterocycles. The molecule has 0 fully saturated rings. The number of nitrogens with one attached hydrogen (secondary N) is 2. The number of hydrogen-bond donors (Lipinski definition) is 2. The summed E-state index contributed by atoms with van der Waals surface area (Å²) in [6.45, 7) is 1.18. The summed E-state index contributed by atoms with van der Waals surface area (Å²) in [4.78, 5) is 4.21. The molecule has 7 heteroatoms. The van der Waals surface area contributed by atoms with Crippen LogP contribution in [0.25, 0.3) is 0 Å². The minimum atomic E-state index is -3.01. The van der Waals surface area contributed by atoms with Crippen LogP contribution >= 0.6 is 0 Å². The molecular weight excluding hydrogens is 350 g/mol. The molecular formula is C19H25N3O3S. The van der Waals surface area contributed by atoms with Gasteiger partial charge in [-0.25, -0.2) is 8.42 Å². The third-order valence-corrected chi connectivity index (χ3v) is 4.63. The van der Waals surface area contributed by atoms with Crippen LogP contribution in [0.3, 0.4) is 0 Å². The van der Waals surface area contributed by atoms with Gasteiger partial charge in [0.05, 0.1) is 12.9 Å². The van der Waals surface area contributed by atoms with Crippen LogP contribution in [0.15, 0.2) is 53.5 Å². The van der Waals surface area contributed by atoms with Gasteiger partial charge in [0, 0.05) is 32.0 Å². The Hall–Kier alpha value is -2.54. The summed E-state index contributed by atoms with van der Waals surface area (Å²) in [5.41, 5.74) is 2.88. The Morgan fingerprint density at radius 3 is 2.23 bits per heavy atom. The van der Waals surface area contributed by atoms with Gasteiger partial charge in [0.15, 0.2) is 15.8 Å². The smallest absolute Gasteiger partial charge is 0.191 e. The van der Waals surface area contributed by atoms with E-state index in [-0.39, 0.29) is 5.75 Å². The lowest BCUT2D eigenvalue weighted by Crippen LogP contribution is -2.36. The maximum atomic E-state index is 11.3. The molecule has 2 aromatic rings. The minimum absolute atomic E-state index is 0.0584. The van der Waals surface area contributed by atoms with Gasteiger partial charge in [-0.3, -0.25) is 4.99 Å². The van der Waals surface area contributed by atoms with Crippen molar-refractivity contribution in [2.45, 2.75) is 18.8 Å². The first-order valence-corrected chi connectivity index (χ1v) is 10.3. The summed E-state index contributed by atoms with van der Waals surface area (Å²) in [7, 11) is 0.353. The number of nitrogens with zero attached hydrogens (tertiary/aromatic N) is 1. The van der Waals surface area contributed by atoms with Crippen molar-refractivity contribution in [2.75, 3.05) is 20.4 Å². The maximum absolute atomic E-state index is 11.3. The van der Waals surface area contributed by atoms with Crippen LogP contribution < -0.4 is 15.4 Å². The molecule has 0 aromatic heterocycles. The summed E-state index contributed by atoms with van der Waals surface area (Å²) >= 11 is 0. The second kappa shape index (κ2) is 9.24. The highest BCUT2D eigenvalue weighted by Gasteiger charge is 2.05.